The van der Waals surface area contributed by atoms with Gasteiger partial charge in [-0.3, -0.25) is 4.79 Å². The molecule has 1 spiro atoms. The van der Waals surface area contributed by atoms with E-state index >= 15 is 0 Å². The largest absolute Gasteiger partial charge is 0.315 e. The highest BCUT2D eigenvalue weighted by Crippen LogP contribution is 2.55. The molecule has 5 nitrogen and oxygen atoms in total. The van der Waals surface area contributed by atoms with Crippen molar-refractivity contribution in [2.75, 3.05) is 38.1 Å². The maximum atomic E-state index is 13.3. The van der Waals surface area contributed by atoms with Gasteiger partial charge in [-0.25, -0.2) is 0 Å². The van der Waals surface area contributed by atoms with Crippen LogP contribution in [0.1, 0.15) is 86.6 Å². The zero-order valence-corrected chi connectivity index (χ0v) is 22.2. The summed E-state index contributed by atoms with van der Waals surface area (Å²) in [5, 5.41) is 9.69. The van der Waals surface area contributed by atoms with Crippen LogP contribution in [-0.4, -0.2) is 56.1 Å². The Hall–Kier alpha value is -1.95. The van der Waals surface area contributed by atoms with Crippen molar-refractivity contribution in [1.82, 2.24) is 15.5 Å². The van der Waals surface area contributed by atoms with Gasteiger partial charge >= 0.3 is 0 Å². The average Bonchev–Trinajstić information content (AvgIpc) is 3.13. The van der Waals surface area contributed by atoms with Gasteiger partial charge < -0.3 is 20.4 Å². The topological polar surface area (TPSA) is 47.6 Å². The molecule has 194 valence electrons. The van der Waals surface area contributed by atoms with Crippen LogP contribution in [0.15, 0.2) is 30.3 Å². The monoisotopic (exact) mass is 488 g/mol. The van der Waals surface area contributed by atoms with Gasteiger partial charge in [-0.2, -0.15) is 0 Å². The summed E-state index contributed by atoms with van der Waals surface area (Å²) in [5.41, 5.74) is 4.12. The average molecular weight is 489 g/mol. The molecule has 5 heteroatoms. The lowest BCUT2D eigenvalue weighted by Crippen LogP contribution is -2.52. The van der Waals surface area contributed by atoms with Crippen molar-refractivity contribution in [3.63, 3.8) is 0 Å². The lowest BCUT2D eigenvalue weighted by molar-refractivity contribution is -0.00195. The predicted molar refractivity (Wildman–Crippen MR) is 149 cm³/mol. The summed E-state index contributed by atoms with van der Waals surface area (Å²) in [7, 11) is 2.24. The van der Waals surface area contributed by atoms with Crippen LogP contribution in [0.4, 0.5) is 5.69 Å². The number of carbonyl (C=O) groups excluding carboxylic acids is 1. The molecule has 3 fully saturated rings. The van der Waals surface area contributed by atoms with Crippen LogP contribution < -0.4 is 15.5 Å². The third-order valence-corrected chi connectivity index (χ3v) is 9.57. The highest BCUT2D eigenvalue weighted by molar-refractivity contribution is 6.25. The molecule has 2 aliphatic carbocycles. The fraction of sp³-hybridized carbons (Fsp3) is 0.645. The molecule has 2 heterocycles. The summed E-state index contributed by atoms with van der Waals surface area (Å²) in [4.78, 5) is 17.9. The van der Waals surface area contributed by atoms with Crippen LogP contribution in [0.25, 0.3) is 10.8 Å². The summed E-state index contributed by atoms with van der Waals surface area (Å²) < 4.78 is 0. The molecule has 2 aromatic carbocycles. The first kappa shape index (κ1) is 24.4. The van der Waals surface area contributed by atoms with Crippen molar-refractivity contribution >= 4 is 22.4 Å². The maximum Gasteiger partial charge on any atom is 0.259 e. The van der Waals surface area contributed by atoms with E-state index in [2.05, 4.69) is 51.7 Å². The zero-order valence-electron chi connectivity index (χ0n) is 22.2. The van der Waals surface area contributed by atoms with Gasteiger partial charge in [0.2, 0.25) is 0 Å². The second-order valence-electron chi connectivity index (χ2n) is 12.2. The Morgan fingerprint density at radius 1 is 1.08 bits per heavy atom. The second kappa shape index (κ2) is 10.4. The van der Waals surface area contributed by atoms with E-state index in [1.54, 1.807) is 0 Å². The second-order valence-corrected chi connectivity index (χ2v) is 12.2. The molecule has 0 bridgehead atoms. The Labute approximate surface area is 217 Å². The molecule has 2 aliphatic heterocycles. The van der Waals surface area contributed by atoms with Crippen molar-refractivity contribution in [1.29, 1.82) is 0 Å². The Morgan fingerprint density at radius 2 is 1.94 bits per heavy atom. The lowest BCUT2D eigenvalue weighted by Gasteiger charge is -2.54. The van der Waals surface area contributed by atoms with Crippen LogP contribution in [0.5, 0.6) is 0 Å². The van der Waals surface area contributed by atoms with Crippen LogP contribution in [0.3, 0.4) is 0 Å². The van der Waals surface area contributed by atoms with Gasteiger partial charge in [0.15, 0.2) is 0 Å². The summed E-state index contributed by atoms with van der Waals surface area (Å²) in [6.07, 6.45) is 14.8. The third-order valence-electron chi connectivity index (χ3n) is 9.57. The number of nitrogens with zero attached hydrogens (tertiary/aromatic N) is 2. The maximum absolute atomic E-state index is 13.3. The summed E-state index contributed by atoms with van der Waals surface area (Å²) >= 11 is 0. The van der Waals surface area contributed by atoms with Crippen molar-refractivity contribution in [2.45, 2.75) is 89.3 Å². The van der Waals surface area contributed by atoms with Gasteiger partial charge in [0.1, 0.15) is 0 Å². The molecule has 6 rings (SSSR count). The minimum Gasteiger partial charge on any atom is -0.315 e. The number of piperidine rings is 1. The Bertz CT molecular complexity index is 1080. The molecule has 2 aromatic rings. The van der Waals surface area contributed by atoms with Crippen molar-refractivity contribution in [3.05, 3.63) is 41.5 Å². The van der Waals surface area contributed by atoms with E-state index in [4.69, 9.17) is 0 Å². The van der Waals surface area contributed by atoms with E-state index in [1.807, 2.05) is 6.07 Å². The first-order valence-corrected chi connectivity index (χ1v) is 14.6. The minimum atomic E-state index is 0.184. The van der Waals surface area contributed by atoms with E-state index < -0.39 is 0 Å². The zero-order chi connectivity index (χ0) is 24.5. The van der Waals surface area contributed by atoms with Crippen molar-refractivity contribution < 1.29 is 4.79 Å². The molecular formula is C31H44N4O. The molecule has 2 N–H and O–H groups in total. The van der Waals surface area contributed by atoms with Gasteiger partial charge in [-0.05, 0) is 107 Å². The smallest absolute Gasteiger partial charge is 0.259 e. The number of amides is 1. The molecule has 4 aliphatic rings. The first-order chi connectivity index (χ1) is 17.6. The highest BCUT2D eigenvalue weighted by Gasteiger charge is 2.47. The van der Waals surface area contributed by atoms with Crippen molar-refractivity contribution in [3.8, 4) is 0 Å². The number of carbonyl (C=O) groups is 1. The molecule has 1 saturated heterocycles. The number of hydrogen-bond acceptors (Lipinski definition) is 4. The molecular weight excluding hydrogens is 444 g/mol. The third kappa shape index (κ3) is 4.70. The van der Waals surface area contributed by atoms with Gasteiger partial charge in [-0.15, -0.1) is 0 Å². The quantitative estimate of drug-likeness (QED) is 0.412. The molecule has 0 aromatic heterocycles. The molecule has 1 unspecified atom stereocenters. The first-order valence-electron chi connectivity index (χ1n) is 14.6. The summed E-state index contributed by atoms with van der Waals surface area (Å²) in [6, 6.07) is 11.8. The Kier molecular flexibility index (Phi) is 7.07. The fourth-order valence-electron chi connectivity index (χ4n) is 7.37. The SMILES string of the molecule is CN(CCCCCCNC1CC2(CCC2)C1)Cc1ccc2c3c(cccc13)C(=O)N2C1CCCNC1. The summed E-state index contributed by atoms with van der Waals surface area (Å²) in [6.45, 7) is 5.21. The van der Waals surface area contributed by atoms with Gasteiger partial charge in [0.25, 0.3) is 5.91 Å². The number of nitrogens with one attached hydrogen (secondary N) is 2. The number of rotatable bonds is 11. The Balaban J connectivity index is 0.978. The van der Waals surface area contributed by atoms with Crippen molar-refractivity contribution in [2.24, 2.45) is 5.41 Å². The van der Waals surface area contributed by atoms with E-state index in [-0.39, 0.29) is 11.9 Å². The van der Waals surface area contributed by atoms with Crippen LogP contribution in [0, 0.1) is 5.41 Å². The molecule has 1 amide bonds. The standard InChI is InChI=1S/C31H44N4O/c1-34(18-5-3-2-4-17-33-24-19-31(20-24)14-8-15-31)22-23-12-13-28-29-26(23)10-6-11-27(29)30(36)35(28)25-9-7-16-32-21-25/h6,10-13,24-25,32-33H,2-5,7-9,14-22H2,1H3. The predicted octanol–water partition coefficient (Wildman–Crippen LogP) is 5.47. The van der Waals surface area contributed by atoms with E-state index in [9.17, 15) is 4.79 Å². The van der Waals surface area contributed by atoms with Gasteiger partial charge in [-0.1, -0.05) is 37.5 Å². The minimum absolute atomic E-state index is 0.184. The number of unbranched alkanes of at least 4 members (excludes halogenated alkanes) is 3. The number of benzene rings is 2. The van der Waals surface area contributed by atoms with Gasteiger partial charge in [0, 0.05) is 36.1 Å². The van der Waals surface area contributed by atoms with E-state index in [0.717, 1.165) is 61.7 Å². The van der Waals surface area contributed by atoms with Crippen LogP contribution >= 0.6 is 0 Å². The lowest BCUT2D eigenvalue weighted by atomic mass is 9.54. The molecule has 36 heavy (non-hydrogen) atoms. The number of hydrogen-bond donors (Lipinski definition) is 2. The summed E-state index contributed by atoms with van der Waals surface area (Å²) in [5.74, 6) is 0.184. The van der Waals surface area contributed by atoms with Crippen LogP contribution in [-0.2, 0) is 6.54 Å². The van der Waals surface area contributed by atoms with E-state index in [0.29, 0.717) is 0 Å². The van der Waals surface area contributed by atoms with Gasteiger partial charge in [0.05, 0.1) is 5.69 Å². The normalized spacial score (nSPS) is 23.0. The molecule has 1 atom stereocenters. The van der Waals surface area contributed by atoms with E-state index in [1.165, 1.54) is 80.7 Å². The molecule has 2 saturated carbocycles. The Morgan fingerprint density at radius 3 is 2.72 bits per heavy atom. The molecule has 0 radical (unpaired) electrons. The fourth-order valence-corrected chi connectivity index (χ4v) is 7.37. The highest BCUT2D eigenvalue weighted by atomic mass is 16.2. The van der Waals surface area contributed by atoms with Crippen LogP contribution in [0.2, 0.25) is 0 Å². The number of anilines is 1.